The molecule has 1 atom stereocenters. The monoisotopic (exact) mass is 196 g/mol. The van der Waals surface area contributed by atoms with Crippen LogP contribution >= 0.6 is 0 Å². The van der Waals surface area contributed by atoms with Crippen LogP contribution in [0, 0.1) is 0 Å². The van der Waals surface area contributed by atoms with Crippen LogP contribution in [0.4, 0.5) is 0 Å². The molecule has 0 aromatic heterocycles. The van der Waals surface area contributed by atoms with E-state index in [0.29, 0.717) is 0 Å². The van der Waals surface area contributed by atoms with Crippen molar-refractivity contribution in [3.05, 3.63) is 12.2 Å². The van der Waals surface area contributed by atoms with E-state index < -0.39 is 11.9 Å². The van der Waals surface area contributed by atoms with E-state index in [-0.39, 0.29) is 12.1 Å². The quantitative estimate of drug-likeness (QED) is 0.261. The first-order valence-electron chi connectivity index (χ1n) is 3.59. The van der Waals surface area contributed by atoms with Gasteiger partial charge in [-0.15, -0.1) is 0 Å². The molecule has 0 amide bonds. The molecular formula is C8H8N2O4. The molecule has 0 N–H and O–H groups in total. The number of hydrogen-bond donors (Lipinski definition) is 0. The lowest BCUT2D eigenvalue weighted by Crippen LogP contribution is -2.26. The smallest absolute Gasteiger partial charge is 0.276 e. The molecule has 74 valence electrons. The van der Waals surface area contributed by atoms with Crippen LogP contribution in [0.2, 0.25) is 0 Å². The third-order valence-corrected chi connectivity index (χ3v) is 1.25. The van der Waals surface area contributed by atoms with Gasteiger partial charge in [0.1, 0.15) is 0 Å². The number of ketones is 1. The van der Waals surface area contributed by atoms with Gasteiger partial charge in [-0.05, 0) is 12.5 Å². The first-order valence-corrected chi connectivity index (χ1v) is 3.59. The van der Waals surface area contributed by atoms with Crippen LogP contribution in [0.15, 0.2) is 22.3 Å². The summed E-state index contributed by atoms with van der Waals surface area (Å²) in [5, 5.41) is 2.77. The molecule has 0 aliphatic heterocycles. The van der Waals surface area contributed by atoms with Crippen molar-refractivity contribution in [1.82, 2.24) is 0 Å². The highest BCUT2D eigenvalue weighted by molar-refractivity contribution is 5.97. The predicted octanol–water partition coefficient (Wildman–Crippen LogP) is 0.103. The number of isocyanates is 2. The van der Waals surface area contributed by atoms with Crippen molar-refractivity contribution in [1.29, 1.82) is 0 Å². The zero-order valence-electron chi connectivity index (χ0n) is 7.52. The maximum Gasteiger partial charge on any atom is 0.276 e. The van der Waals surface area contributed by atoms with Gasteiger partial charge < -0.3 is 4.84 Å². The summed E-state index contributed by atoms with van der Waals surface area (Å²) in [5.41, 5.74) is 0.220. The summed E-state index contributed by atoms with van der Waals surface area (Å²) in [4.78, 5) is 38.3. The first-order chi connectivity index (χ1) is 6.63. The molecular weight excluding hydrogens is 188 g/mol. The van der Waals surface area contributed by atoms with Gasteiger partial charge in [0.15, 0.2) is 0 Å². The summed E-state index contributed by atoms with van der Waals surface area (Å²) in [7, 11) is 0. The van der Waals surface area contributed by atoms with Gasteiger partial charge in [-0.1, -0.05) is 6.58 Å². The van der Waals surface area contributed by atoms with Gasteiger partial charge in [0.05, 0.1) is 6.54 Å². The van der Waals surface area contributed by atoms with Crippen molar-refractivity contribution >= 4 is 17.9 Å². The maximum atomic E-state index is 11.3. The molecule has 1 unspecified atom stereocenters. The Morgan fingerprint density at radius 3 is 2.57 bits per heavy atom. The molecule has 0 fully saturated rings. The standard InChI is InChI=1S/C8H8N2O4/c1-6(2)8(13)7(3-9-4-11)14-10-5-12/h7H,1,3H2,2H3. The summed E-state index contributed by atoms with van der Waals surface area (Å²) >= 11 is 0. The fourth-order valence-corrected chi connectivity index (χ4v) is 0.644. The maximum absolute atomic E-state index is 11.3. The number of carbonyl (C=O) groups is 1. The Balaban J connectivity index is 4.52. The van der Waals surface area contributed by atoms with E-state index in [1.807, 2.05) is 0 Å². The van der Waals surface area contributed by atoms with Gasteiger partial charge in [-0.2, -0.15) is 0 Å². The third-order valence-electron chi connectivity index (χ3n) is 1.25. The molecule has 0 bridgehead atoms. The molecule has 14 heavy (non-hydrogen) atoms. The molecule has 0 radical (unpaired) electrons. The highest BCUT2D eigenvalue weighted by Crippen LogP contribution is 2.02. The molecule has 6 heteroatoms. The zero-order chi connectivity index (χ0) is 11.0. The minimum atomic E-state index is -1.12. The topological polar surface area (TPSA) is 85.2 Å². The van der Waals surface area contributed by atoms with Crippen LogP contribution in [0.1, 0.15) is 6.92 Å². The lowest BCUT2D eigenvalue weighted by Gasteiger charge is -2.08. The zero-order valence-corrected chi connectivity index (χ0v) is 7.52. The number of nitrogens with zero attached hydrogens (tertiary/aromatic N) is 2. The van der Waals surface area contributed by atoms with Crippen LogP contribution in [-0.4, -0.2) is 30.6 Å². The Hall–Kier alpha value is -2.03. The Bertz CT molecular complexity index is 304. The summed E-state index contributed by atoms with van der Waals surface area (Å²) in [5.74, 6) is -0.483. The van der Waals surface area contributed by atoms with E-state index >= 15 is 0 Å². The van der Waals surface area contributed by atoms with Gasteiger partial charge >= 0.3 is 0 Å². The van der Waals surface area contributed by atoms with Crippen LogP contribution in [-0.2, 0) is 19.2 Å². The highest BCUT2D eigenvalue weighted by atomic mass is 16.6. The van der Waals surface area contributed by atoms with E-state index in [1.165, 1.54) is 13.0 Å². The lowest BCUT2D eigenvalue weighted by atomic mass is 10.1. The Labute approximate surface area is 79.9 Å². The second-order valence-electron chi connectivity index (χ2n) is 2.35. The van der Waals surface area contributed by atoms with Crippen molar-refractivity contribution in [2.45, 2.75) is 13.0 Å². The van der Waals surface area contributed by atoms with E-state index in [0.717, 1.165) is 6.08 Å². The average molecular weight is 196 g/mol. The Morgan fingerprint density at radius 1 is 1.50 bits per heavy atom. The van der Waals surface area contributed by atoms with Crippen LogP contribution in [0.5, 0.6) is 0 Å². The SMILES string of the molecule is C=C(C)C(=O)C(CN=C=O)ON=C=O. The molecule has 0 rings (SSSR count). The molecule has 0 saturated carbocycles. The summed E-state index contributed by atoms with van der Waals surface area (Å²) in [6.45, 7) is 4.60. The lowest BCUT2D eigenvalue weighted by molar-refractivity contribution is -0.125. The van der Waals surface area contributed by atoms with E-state index in [9.17, 15) is 14.4 Å². The number of aliphatic imine (C=N–C) groups is 1. The predicted molar refractivity (Wildman–Crippen MR) is 45.8 cm³/mol. The fraction of sp³-hybridized carbons (Fsp3) is 0.375. The summed E-state index contributed by atoms with van der Waals surface area (Å²) in [6, 6.07) is 0. The van der Waals surface area contributed by atoms with Gasteiger partial charge in [0.2, 0.25) is 18.0 Å². The molecule has 6 nitrogen and oxygen atoms in total. The summed E-state index contributed by atoms with van der Waals surface area (Å²) < 4.78 is 0. The fourth-order valence-electron chi connectivity index (χ4n) is 0.644. The number of carbonyl (C=O) groups excluding carboxylic acids is 3. The minimum Gasteiger partial charge on any atom is -0.372 e. The Kier molecular flexibility index (Phi) is 5.54. The molecule has 0 aromatic rings. The Morgan fingerprint density at radius 2 is 2.14 bits per heavy atom. The molecule has 0 aromatic carbocycles. The second-order valence-corrected chi connectivity index (χ2v) is 2.35. The van der Waals surface area contributed by atoms with Crippen molar-refractivity contribution in [2.24, 2.45) is 10.1 Å². The van der Waals surface area contributed by atoms with Crippen molar-refractivity contribution in [2.75, 3.05) is 6.54 Å². The van der Waals surface area contributed by atoms with Gasteiger partial charge in [-0.25, -0.2) is 14.6 Å². The van der Waals surface area contributed by atoms with Crippen LogP contribution in [0.3, 0.4) is 0 Å². The molecule has 0 spiro atoms. The van der Waals surface area contributed by atoms with Crippen LogP contribution in [0.25, 0.3) is 0 Å². The first kappa shape index (κ1) is 12.0. The minimum absolute atomic E-state index is 0.220. The van der Waals surface area contributed by atoms with Gasteiger partial charge in [0, 0.05) is 5.16 Å². The van der Waals surface area contributed by atoms with Gasteiger partial charge in [0.25, 0.3) is 6.08 Å². The third kappa shape index (κ3) is 4.11. The van der Waals surface area contributed by atoms with Crippen molar-refractivity contribution in [3.8, 4) is 0 Å². The second kappa shape index (κ2) is 6.48. The normalized spacial score (nSPS) is 10.4. The molecule has 0 heterocycles. The van der Waals surface area contributed by atoms with E-state index in [1.54, 1.807) is 0 Å². The molecule has 0 aliphatic rings. The number of hydrogen-bond acceptors (Lipinski definition) is 6. The van der Waals surface area contributed by atoms with E-state index in [4.69, 9.17) is 0 Å². The van der Waals surface area contributed by atoms with Gasteiger partial charge in [-0.3, -0.25) is 4.79 Å². The van der Waals surface area contributed by atoms with Crippen molar-refractivity contribution in [3.63, 3.8) is 0 Å². The molecule has 0 saturated heterocycles. The van der Waals surface area contributed by atoms with E-state index in [2.05, 4.69) is 21.6 Å². The highest BCUT2D eigenvalue weighted by Gasteiger charge is 2.20. The van der Waals surface area contributed by atoms with Crippen molar-refractivity contribution < 1.29 is 19.2 Å². The van der Waals surface area contributed by atoms with Crippen LogP contribution < -0.4 is 0 Å². The average Bonchev–Trinajstić information content (AvgIpc) is 2.17. The number of rotatable bonds is 6. The summed E-state index contributed by atoms with van der Waals surface area (Å²) in [6.07, 6.45) is 1.23. The largest absolute Gasteiger partial charge is 0.372 e. The number of Topliss-reactive ketones (excluding diaryl/α,β-unsaturated/α-hetero) is 1. The molecule has 0 aliphatic carbocycles.